The minimum absolute atomic E-state index is 0.0220. The van der Waals surface area contributed by atoms with Crippen LogP contribution in [0.5, 0.6) is 0 Å². The highest BCUT2D eigenvalue weighted by molar-refractivity contribution is 5.82. The van der Waals surface area contributed by atoms with Crippen molar-refractivity contribution >= 4 is 5.91 Å². The van der Waals surface area contributed by atoms with Crippen molar-refractivity contribution < 1.29 is 14.3 Å². The monoisotopic (exact) mass is 299 g/mol. The summed E-state index contributed by atoms with van der Waals surface area (Å²) < 4.78 is 10.8. The van der Waals surface area contributed by atoms with Crippen LogP contribution in [0.2, 0.25) is 0 Å². The van der Waals surface area contributed by atoms with E-state index in [4.69, 9.17) is 15.2 Å². The molecule has 0 aliphatic carbocycles. The van der Waals surface area contributed by atoms with E-state index in [1.54, 1.807) is 7.11 Å². The molecule has 2 N–H and O–H groups in total. The number of amides is 1. The highest BCUT2D eigenvalue weighted by Crippen LogP contribution is 2.21. The third-order valence-corrected chi connectivity index (χ3v) is 4.29. The lowest BCUT2D eigenvalue weighted by molar-refractivity contribution is -0.135. The largest absolute Gasteiger partial charge is 0.383 e. The lowest BCUT2D eigenvalue weighted by atomic mass is 10.1. The fourth-order valence-electron chi connectivity index (χ4n) is 3.51. The summed E-state index contributed by atoms with van der Waals surface area (Å²) in [5.41, 5.74) is 5.90. The average molecular weight is 299 g/mol. The van der Waals surface area contributed by atoms with Crippen molar-refractivity contribution in [3.63, 3.8) is 0 Å². The van der Waals surface area contributed by atoms with E-state index in [9.17, 15) is 4.79 Å². The van der Waals surface area contributed by atoms with Gasteiger partial charge in [0.05, 0.1) is 18.8 Å². The number of morpholine rings is 1. The second kappa shape index (κ2) is 7.54. The van der Waals surface area contributed by atoms with E-state index >= 15 is 0 Å². The Morgan fingerprint density at radius 1 is 1.38 bits per heavy atom. The minimum atomic E-state index is -0.543. The van der Waals surface area contributed by atoms with Crippen LogP contribution in [-0.2, 0) is 14.3 Å². The summed E-state index contributed by atoms with van der Waals surface area (Å²) in [6.07, 6.45) is 2.64. The molecule has 6 nitrogen and oxygen atoms in total. The maximum Gasteiger partial charge on any atom is 0.242 e. The molecule has 2 fully saturated rings. The molecule has 4 atom stereocenters. The Labute approximate surface area is 127 Å². The quantitative estimate of drug-likeness (QED) is 0.777. The summed E-state index contributed by atoms with van der Waals surface area (Å²) in [5.74, 6) is 0.0220. The molecule has 6 heteroatoms. The standard InChI is InChI=1S/C15H29N3O3/c1-11-7-17(8-12(2)21-11)9-13-5-4-6-18(13)15(19)14(16)10-20-3/h11-14H,4-10,16H2,1-3H3. The van der Waals surface area contributed by atoms with Crippen molar-refractivity contribution in [2.45, 2.75) is 51.0 Å². The van der Waals surface area contributed by atoms with Gasteiger partial charge in [0.1, 0.15) is 6.04 Å². The van der Waals surface area contributed by atoms with Crippen molar-refractivity contribution in [3.8, 4) is 0 Å². The van der Waals surface area contributed by atoms with Gasteiger partial charge in [-0.3, -0.25) is 9.69 Å². The molecule has 2 rings (SSSR count). The summed E-state index contributed by atoms with van der Waals surface area (Å²) >= 11 is 0. The molecule has 0 aromatic heterocycles. The lowest BCUT2D eigenvalue weighted by Crippen LogP contribution is -2.53. The van der Waals surface area contributed by atoms with Gasteiger partial charge in [-0.2, -0.15) is 0 Å². The normalized spacial score (nSPS) is 32.4. The maximum atomic E-state index is 12.4. The molecule has 0 aromatic carbocycles. The van der Waals surface area contributed by atoms with E-state index < -0.39 is 6.04 Å². The van der Waals surface area contributed by atoms with E-state index in [1.165, 1.54) is 0 Å². The van der Waals surface area contributed by atoms with Crippen molar-refractivity contribution in [1.82, 2.24) is 9.80 Å². The Kier molecular flexibility index (Phi) is 5.98. The van der Waals surface area contributed by atoms with Crippen LogP contribution in [0.4, 0.5) is 0 Å². The summed E-state index contributed by atoms with van der Waals surface area (Å²) in [4.78, 5) is 16.8. The first-order chi connectivity index (χ1) is 10.0. The number of likely N-dealkylation sites (tertiary alicyclic amines) is 1. The topological polar surface area (TPSA) is 68.0 Å². The Hall–Kier alpha value is -0.690. The van der Waals surface area contributed by atoms with Crippen LogP contribution in [0.3, 0.4) is 0 Å². The van der Waals surface area contributed by atoms with Crippen molar-refractivity contribution in [2.75, 3.05) is 39.9 Å². The van der Waals surface area contributed by atoms with Gasteiger partial charge in [0, 0.05) is 39.3 Å². The van der Waals surface area contributed by atoms with Gasteiger partial charge < -0.3 is 20.1 Å². The zero-order valence-corrected chi connectivity index (χ0v) is 13.5. The molecular weight excluding hydrogens is 270 g/mol. The molecule has 0 radical (unpaired) electrons. The summed E-state index contributed by atoms with van der Waals surface area (Å²) in [6.45, 7) is 8.11. The molecule has 2 heterocycles. The van der Waals surface area contributed by atoms with E-state index in [1.807, 2.05) is 4.90 Å². The summed E-state index contributed by atoms with van der Waals surface area (Å²) in [6, 6.07) is -0.268. The third kappa shape index (κ3) is 4.39. The van der Waals surface area contributed by atoms with Crippen LogP contribution in [0.25, 0.3) is 0 Å². The van der Waals surface area contributed by atoms with Crippen LogP contribution in [-0.4, -0.2) is 79.9 Å². The number of hydrogen-bond donors (Lipinski definition) is 1. The first-order valence-electron chi connectivity index (χ1n) is 7.94. The number of carbonyl (C=O) groups excluding carboxylic acids is 1. The maximum absolute atomic E-state index is 12.4. The predicted molar refractivity (Wildman–Crippen MR) is 81.0 cm³/mol. The molecule has 0 saturated carbocycles. The van der Waals surface area contributed by atoms with Crippen molar-refractivity contribution in [2.24, 2.45) is 5.73 Å². The van der Waals surface area contributed by atoms with Gasteiger partial charge in [-0.1, -0.05) is 0 Å². The van der Waals surface area contributed by atoms with Gasteiger partial charge in [-0.15, -0.1) is 0 Å². The lowest BCUT2D eigenvalue weighted by Gasteiger charge is -2.38. The van der Waals surface area contributed by atoms with Crippen molar-refractivity contribution in [1.29, 1.82) is 0 Å². The molecule has 0 aromatic rings. The molecular formula is C15H29N3O3. The molecule has 0 spiro atoms. The number of ether oxygens (including phenoxy) is 2. The van der Waals surface area contributed by atoms with Gasteiger partial charge in [0.2, 0.25) is 5.91 Å². The van der Waals surface area contributed by atoms with E-state index in [-0.39, 0.29) is 30.8 Å². The first-order valence-corrected chi connectivity index (χ1v) is 7.94. The molecule has 0 bridgehead atoms. The van der Waals surface area contributed by atoms with Gasteiger partial charge in [-0.05, 0) is 26.7 Å². The number of carbonyl (C=O) groups is 1. The van der Waals surface area contributed by atoms with Gasteiger partial charge in [-0.25, -0.2) is 0 Å². The molecule has 2 aliphatic heterocycles. The van der Waals surface area contributed by atoms with Crippen LogP contribution in [0.1, 0.15) is 26.7 Å². The summed E-state index contributed by atoms with van der Waals surface area (Å²) in [7, 11) is 1.57. The smallest absolute Gasteiger partial charge is 0.242 e. The Morgan fingerprint density at radius 3 is 2.67 bits per heavy atom. The predicted octanol–water partition coefficient (Wildman–Crippen LogP) is 0.0603. The van der Waals surface area contributed by atoms with Crippen LogP contribution >= 0.6 is 0 Å². The zero-order chi connectivity index (χ0) is 15.4. The van der Waals surface area contributed by atoms with E-state index in [0.717, 1.165) is 39.0 Å². The van der Waals surface area contributed by atoms with Crippen LogP contribution in [0, 0.1) is 0 Å². The average Bonchev–Trinajstić information content (AvgIpc) is 2.85. The van der Waals surface area contributed by atoms with Crippen molar-refractivity contribution in [3.05, 3.63) is 0 Å². The van der Waals surface area contributed by atoms with E-state index in [0.29, 0.717) is 0 Å². The molecule has 1 amide bonds. The fraction of sp³-hybridized carbons (Fsp3) is 0.933. The second-order valence-corrected chi connectivity index (χ2v) is 6.37. The molecule has 2 aliphatic rings. The Morgan fingerprint density at radius 2 is 2.05 bits per heavy atom. The zero-order valence-electron chi connectivity index (χ0n) is 13.5. The number of nitrogens with two attached hydrogens (primary N) is 1. The summed E-state index contributed by atoms with van der Waals surface area (Å²) in [5, 5.41) is 0. The molecule has 2 saturated heterocycles. The molecule has 21 heavy (non-hydrogen) atoms. The number of methoxy groups -OCH3 is 1. The van der Waals surface area contributed by atoms with Gasteiger partial charge in [0.15, 0.2) is 0 Å². The van der Waals surface area contributed by atoms with Crippen LogP contribution < -0.4 is 5.73 Å². The Balaban J connectivity index is 1.91. The minimum Gasteiger partial charge on any atom is -0.383 e. The number of rotatable bonds is 5. The Bertz CT molecular complexity index is 343. The van der Waals surface area contributed by atoms with E-state index in [2.05, 4.69) is 18.7 Å². The number of hydrogen-bond acceptors (Lipinski definition) is 5. The SMILES string of the molecule is COCC(N)C(=O)N1CCCC1CN1CC(C)OC(C)C1. The molecule has 122 valence electrons. The van der Waals surface area contributed by atoms with Gasteiger partial charge >= 0.3 is 0 Å². The highest BCUT2D eigenvalue weighted by Gasteiger charge is 2.34. The highest BCUT2D eigenvalue weighted by atomic mass is 16.5. The molecule has 4 unspecified atom stereocenters. The first kappa shape index (κ1) is 16.7. The fourth-order valence-corrected chi connectivity index (χ4v) is 3.51. The number of nitrogens with zero attached hydrogens (tertiary/aromatic N) is 2. The van der Waals surface area contributed by atoms with Gasteiger partial charge in [0.25, 0.3) is 0 Å². The van der Waals surface area contributed by atoms with Crippen LogP contribution in [0.15, 0.2) is 0 Å². The third-order valence-electron chi connectivity index (χ3n) is 4.29. The second-order valence-electron chi connectivity index (χ2n) is 6.37.